The monoisotopic (exact) mass is 302 g/mol. The van der Waals surface area contributed by atoms with Crippen LogP contribution in [-0.2, 0) is 6.42 Å². The van der Waals surface area contributed by atoms with E-state index in [4.69, 9.17) is 5.41 Å². The van der Waals surface area contributed by atoms with E-state index in [0.29, 0.717) is 24.1 Å². The van der Waals surface area contributed by atoms with Crippen molar-refractivity contribution in [1.82, 2.24) is 0 Å². The highest BCUT2D eigenvalue weighted by Gasteiger charge is 2.19. The number of aryl methyl sites for hydroxylation is 1. The van der Waals surface area contributed by atoms with Crippen LogP contribution in [0.3, 0.4) is 0 Å². The predicted molar refractivity (Wildman–Crippen MR) is 87.1 cm³/mol. The minimum atomic E-state index is -0.311. The van der Waals surface area contributed by atoms with Gasteiger partial charge in [-0.15, -0.1) is 0 Å². The number of allylic oxidation sites excluding steroid dienone is 4. The van der Waals surface area contributed by atoms with E-state index in [1.807, 2.05) is 13.0 Å². The van der Waals surface area contributed by atoms with E-state index in [2.05, 4.69) is 4.99 Å². The van der Waals surface area contributed by atoms with E-state index in [1.54, 1.807) is 25.3 Å². The summed E-state index contributed by atoms with van der Waals surface area (Å²) in [4.78, 5) is 4.21. The van der Waals surface area contributed by atoms with Crippen molar-refractivity contribution >= 4 is 12.4 Å². The van der Waals surface area contributed by atoms with Gasteiger partial charge in [-0.3, -0.25) is 4.99 Å². The van der Waals surface area contributed by atoms with Gasteiger partial charge >= 0.3 is 0 Å². The van der Waals surface area contributed by atoms with Crippen LogP contribution in [0.1, 0.15) is 30.0 Å². The van der Waals surface area contributed by atoms with Crippen LogP contribution in [0.5, 0.6) is 0 Å². The summed E-state index contributed by atoms with van der Waals surface area (Å²) in [6, 6.07) is 3.11. The minimum Gasteiger partial charge on any atom is -0.308 e. The molecule has 116 valence electrons. The van der Waals surface area contributed by atoms with Gasteiger partial charge in [0.15, 0.2) is 0 Å². The molecule has 0 radical (unpaired) electrons. The summed E-state index contributed by atoms with van der Waals surface area (Å²) in [6.07, 6.45) is 6.94. The highest BCUT2D eigenvalue weighted by atomic mass is 19.1. The van der Waals surface area contributed by atoms with Crippen molar-refractivity contribution in [3.8, 4) is 0 Å². The van der Waals surface area contributed by atoms with Crippen LogP contribution in [0.25, 0.3) is 0 Å². The van der Waals surface area contributed by atoms with Crippen molar-refractivity contribution in [3.05, 3.63) is 58.2 Å². The number of nitrogens with one attached hydrogen (secondary N) is 1. The van der Waals surface area contributed by atoms with Crippen molar-refractivity contribution in [3.63, 3.8) is 0 Å². The normalized spacial score (nSPS) is 18.3. The Morgan fingerprint density at radius 1 is 1.36 bits per heavy atom. The number of halogens is 2. The van der Waals surface area contributed by atoms with E-state index in [0.717, 1.165) is 11.1 Å². The molecule has 1 aliphatic rings. The average molecular weight is 302 g/mol. The van der Waals surface area contributed by atoms with Crippen LogP contribution in [0.2, 0.25) is 0 Å². The molecule has 0 heterocycles. The van der Waals surface area contributed by atoms with Gasteiger partial charge in [0.2, 0.25) is 0 Å². The van der Waals surface area contributed by atoms with Gasteiger partial charge in [0.25, 0.3) is 0 Å². The number of rotatable bonds is 5. The molecule has 1 N–H and O–H groups in total. The van der Waals surface area contributed by atoms with Crippen LogP contribution in [0.4, 0.5) is 8.78 Å². The number of hydrogen-bond donors (Lipinski definition) is 1. The summed E-state index contributed by atoms with van der Waals surface area (Å²) in [5.74, 6) is -0.729. The zero-order valence-electron chi connectivity index (χ0n) is 12.9. The molecular weight excluding hydrogens is 282 g/mol. The zero-order chi connectivity index (χ0) is 16.1. The zero-order valence-corrected chi connectivity index (χ0v) is 12.9. The largest absolute Gasteiger partial charge is 0.308 e. The highest BCUT2D eigenvalue weighted by Crippen LogP contribution is 2.28. The molecule has 0 aliphatic heterocycles. The maximum absolute atomic E-state index is 14.2. The van der Waals surface area contributed by atoms with Crippen LogP contribution in [0, 0.1) is 24.1 Å². The molecule has 2 rings (SSSR count). The fraction of sp³-hybridized carbons (Fsp3) is 0.333. The number of nitrogens with zero attached hydrogens (tertiary/aromatic N) is 1. The first-order chi connectivity index (χ1) is 10.5. The SMILES string of the molecule is CCN=CC1=CCC(F)=CC1Cc1cc(C=N)c(C)cc1F. The molecule has 0 bridgehead atoms. The topological polar surface area (TPSA) is 36.2 Å². The number of aliphatic imine (C=N–C) groups is 1. The lowest BCUT2D eigenvalue weighted by Gasteiger charge is -2.19. The third-order valence-corrected chi connectivity index (χ3v) is 3.80. The van der Waals surface area contributed by atoms with Gasteiger partial charge in [-0.1, -0.05) is 6.08 Å². The van der Waals surface area contributed by atoms with Gasteiger partial charge in [-0.25, -0.2) is 8.78 Å². The molecule has 1 atom stereocenters. The van der Waals surface area contributed by atoms with E-state index >= 15 is 0 Å². The third kappa shape index (κ3) is 3.75. The first kappa shape index (κ1) is 16.3. The summed E-state index contributed by atoms with van der Waals surface area (Å²) < 4.78 is 27.7. The van der Waals surface area contributed by atoms with Crippen LogP contribution in [0.15, 0.2) is 40.7 Å². The first-order valence-corrected chi connectivity index (χ1v) is 7.40. The first-order valence-electron chi connectivity index (χ1n) is 7.40. The van der Waals surface area contributed by atoms with Gasteiger partial charge < -0.3 is 5.41 Å². The van der Waals surface area contributed by atoms with Gasteiger partial charge in [0.05, 0.1) is 0 Å². The van der Waals surface area contributed by atoms with E-state index in [1.165, 1.54) is 12.3 Å². The second kappa shape index (κ2) is 7.25. The minimum absolute atomic E-state index is 0.196. The maximum atomic E-state index is 14.2. The Hall–Kier alpha value is -2.10. The Balaban J connectivity index is 2.31. The van der Waals surface area contributed by atoms with Crippen molar-refractivity contribution in [2.24, 2.45) is 10.9 Å². The molecule has 0 aromatic heterocycles. The lowest BCUT2D eigenvalue weighted by molar-refractivity contribution is 0.569. The lowest BCUT2D eigenvalue weighted by atomic mass is 9.87. The fourth-order valence-corrected chi connectivity index (χ4v) is 2.56. The molecule has 1 aromatic carbocycles. The van der Waals surface area contributed by atoms with Gasteiger partial charge in [0, 0.05) is 31.3 Å². The summed E-state index contributed by atoms with van der Waals surface area (Å²) in [6.45, 7) is 4.36. The van der Waals surface area contributed by atoms with Crippen LogP contribution in [-0.4, -0.2) is 19.0 Å². The second-order valence-electron chi connectivity index (χ2n) is 5.40. The summed E-state index contributed by atoms with van der Waals surface area (Å²) >= 11 is 0. The molecule has 1 aliphatic carbocycles. The molecule has 22 heavy (non-hydrogen) atoms. The summed E-state index contributed by atoms with van der Waals surface area (Å²) in [7, 11) is 0. The van der Waals surface area contributed by atoms with E-state index < -0.39 is 0 Å². The number of hydrogen-bond acceptors (Lipinski definition) is 2. The number of benzene rings is 1. The standard InChI is InChI=1S/C18H20F2N2/c1-3-22-11-13-4-5-17(19)9-14(13)7-15-8-16(10-21)12(2)6-18(15)20/h4,6,8-11,14,21H,3,5,7H2,1-2H3. The molecule has 2 nitrogen and oxygen atoms in total. The third-order valence-electron chi connectivity index (χ3n) is 3.80. The van der Waals surface area contributed by atoms with Crippen molar-refractivity contribution in [1.29, 1.82) is 5.41 Å². The lowest BCUT2D eigenvalue weighted by Crippen LogP contribution is -2.12. The van der Waals surface area contributed by atoms with Gasteiger partial charge in [0.1, 0.15) is 11.6 Å². The Bertz CT molecular complexity index is 657. The predicted octanol–water partition coefficient (Wildman–Crippen LogP) is 4.56. The van der Waals surface area contributed by atoms with E-state index in [-0.39, 0.29) is 24.0 Å². The Labute approximate surface area is 129 Å². The van der Waals surface area contributed by atoms with Crippen LogP contribution < -0.4 is 0 Å². The molecule has 1 aromatic rings. The Morgan fingerprint density at radius 3 is 2.82 bits per heavy atom. The fourth-order valence-electron chi connectivity index (χ4n) is 2.56. The smallest absolute Gasteiger partial charge is 0.126 e. The average Bonchev–Trinajstić information content (AvgIpc) is 2.49. The second-order valence-corrected chi connectivity index (χ2v) is 5.40. The quantitative estimate of drug-likeness (QED) is 0.774. The molecule has 1 unspecified atom stereocenters. The molecule has 0 amide bonds. The van der Waals surface area contributed by atoms with Crippen LogP contribution >= 0.6 is 0 Å². The highest BCUT2D eigenvalue weighted by molar-refractivity contribution is 5.81. The molecular formula is C18H20F2N2. The van der Waals surface area contributed by atoms with Crippen molar-refractivity contribution < 1.29 is 8.78 Å². The molecule has 0 saturated carbocycles. The molecule has 0 fully saturated rings. The Morgan fingerprint density at radius 2 is 2.14 bits per heavy atom. The van der Waals surface area contributed by atoms with Gasteiger partial charge in [-0.05, 0) is 60.7 Å². The van der Waals surface area contributed by atoms with Crippen molar-refractivity contribution in [2.45, 2.75) is 26.7 Å². The van der Waals surface area contributed by atoms with Gasteiger partial charge in [-0.2, -0.15) is 0 Å². The van der Waals surface area contributed by atoms with E-state index in [9.17, 15) is 8.78 Å². The molecule has 0 spiro atoms. The van der Waals surface area contributed by atoms with Crippen molar-refractivity contribution in [2.75, 3.05) is 6.54 Å². The molecule has 0 saturated heterocycles. The Kier molecular flexibility index (Phi) is 5.36. The maximum Gasteiger partial charge on any atom is 0.126 e. The molecule has 4 heteroatoms. The summed E-state index contributed by atoms with van der Waals surface area (Å²) in [5.41, 5.74) is 2.82. The summed E-state index contributed by atoms with van der Waals surface area (Å²) in [5, 5.41) is 7.38.